The summed E-state index contributed by atoms with van der Waals surface area (Å²) in [7, 11) is 2.92. The molecule has 1 aliphatic heterocycles. The van der Waals surface area contributed by atoms with E-state index in [0.717, 1.165) is 17.4 Å². The van der Waals surface area contributed by atoms with Crippen molar-refractivity contribution < 1.29 is 9.53 Å². The van der Waals surface area contributed by atoms with Gasteiger partial charge in [-0.15, -0.1) is 0 Å². The highest BCUT2D eigenvalue weighted by Crippen LogP contribution is 2.24. The normalized spacial score (nSPS) is 17.4. The maximum Gasteiger partial charge on any atom is 0.410 e. The molecular formula is C19H29N5O4. The highest BCUT2D eigenvalue weighted by Gasteiger charge is 2.34. The van der Waals surface area contributed by atoms with E-state index < -0.39 is 16.9 Å². The van der Waals surface area contributed by atoms with Crippen molar-refractivity contribution in [2.75, 3.05) is 24.5 Å². The Kier molecular flexibility index (Phi) is 6.22. The van der Waals surface area contributed by atoms with Gasteiger partial charge in [-0.3, -0.25) is 13.9 Å². The van der Waals surface area contributed by atoms with Crippen LogP contribution in [0.3, 0.4) is 0 Å². The van der Waals surface area contributed by atoms with E-state index in [1.54, 1.807) is 11.9 Å². The van der Waals surface area contributed by atoms with Gasteiger partial charge >= 0.3 is 11.8 Å². The van der Waals surface area contributed by atoms with Crippen molar-refractivity contribution in [1.29, 1.82) is 5.26 Å². The summed E-state index contributed by atoms with van der Waals surface area (Å²) in [5, 5.41) is 9.56. The van der Waals surface area contributed by atoms with Crippen LogP contribution in [0.5, 0.6) is 0 Å². The number of ether oxygens (including phenoxy) is 1. The number of rotatable bonds is 3. The molecule has 0 radical (unpaired) electrons. The van der Waals surface area contributed by atoms with Crippen LogP contribution in [0.1, 0.15) is 46.1 Å². The molecule has 0 unspecified atom stereocenters. The summed E-state index contributed by atoms with van der Waals surface area (Å²) in [6.45, 7) is 8.66. The van der Waals surface area contributed by atoms with Gasteiger partial charge in [0.05, 0.1) is 0 Å². The molecule has 0 spiro atoms. The Morgan fingerprint density at radius 1 is 1.21 bits per heavy atom. The standard InChI is InChI=1S/C19H29N5O4/c1-7-8-13-12-23(18(27)28-19(2,3)4)9-10-24(13)15-14(11-20)16(25)22(6)17(26)21(15)5/h13H,7-10,12H2,1-6H3/t13-/m0/s1. The van der Waals surface area contributed by atoms with Crippen LogP contribution in [0, 0.1) is 11.3 Å². The quantitative estimate of drug-likeness (QED) is 0.767. The molecular weight excluding hydrogens is 362 g/mol. The molecule has 1 saturated heterocycles. The second-order valence-corrected chi connectivity index (χ2v) is 8.08. The lowest BCUT2D eigenvalue weighted by atomic mass is 10.1. The summed E-state index contributed by atoms with van der Waals surface area (Å²) in [6.07, 6.45) is 1.21. The van der Waals surface area contributed by atoms with Gasteiger partial charge in [-0.1, -0.05) is 13.3 Å². The molecule has 2 heterocycles. The van der Waals surface area contributed by atoms with Gasteiger partial charge in [0.2, 0.25) is 0 Å². The van der Waals surface area contributed by atoms with Gasteiger partial charge in [0, 0.05) is 39.8 Å². The molecule has 1 atom stereocenters. The van der Waals surface area contributed by atoms with Crippen molar-refractivity contribution in [3.05, 3.63) is 26.4 Å². The molecule has 0 aliphatic carbocycles. The fourth-order valence-corrected chi connectivity index (χ4v) is 3.47. The number of carbonyl (C=O) groups is 1. The Bertz CT molecular complexity index is 903. The Morgan fingerprint density at radius 2 is 1.86 bits per heavy atom. The molecule has 1 fully saturated rings. The molecule has 9 heteroatoms. The lowest BCUT2D eigenvalue weighted by Crippen LogP contribution is -2.57. The zero-order valence-corrected chi connectivity index (χ0v) is 17.5. The van der Waals surface area contributed by atoms with Gasteiger partial charge < -0.3 is 14.5 Å². The molecule has 0 bridgehead atoms. The fourth-order valence-electron chi connectivity index (χ4n) is 3.47. The monoisotopic (exact) mass is 391 g/mol. The predicted octanol–water partition coefficient (Wildman–Crippen LogP) is 1.18. The molecule has 1 aromatic rings. The largest absolute Gasteiger partial charge is 0.444 e. The predicted molar refractivity (Wildman–Crippen MR) is 105 cm³/mol. The molecule has 154 valence electrons. The molecule has 0 aromatic carbocycles. The number of carbonyl (C=O) groups excluding carboxylic acids is 1. The first-order chi connectivity index (χ1) is 13.0. The van der Waals surface area contributed by atoms with Crippen LogP contribution < -0.4 is 16.1 Å². The zero-order chi connectivity index (χ0) is 21.2. The minimum absolute atomic E-state index is 0.0589. The van der Waals surface area contributed by atoms with Gasteiger partial charge in [0.25, 0.3) is 5.56 Å². The molecule has 1 aromatic heterocycles. The lowest BCUT2D eigenvalue weighted by Gasteiger charge is -2.43. The van der Waals surface area contributed by atoms with Crippen LogP contribution in [-0.2, 0) is 18.8 Å². The number of nitrogens with zero attached hydrogens (tertiary/aromatic N) is 5. The van der Waals surface area contributed by atoms with Crippen LogP contribution in [0.15, 0.2) is 9.59 Å². The second kappa shape index (κ2) is 8.09. The Hall–Kier alpha value is -2.76. The van der Waals surface area contributed by atoms with E-state index >= 15 is 0 Å². The molecule has 2 rings (SSSR count). The molecule has 9 nitrogen and oxygen atoms in total. The summed E-state index contributed by atoms with van der Waals surface area (Å²) in [5.41, 5.74) is -1.73. The fraction of sp³-hybridized carbons (Fsp3) is 0.684. The minimum atomic E-state index is -0.606. The van der Waals surface area contributed by atoms with Gasteiger partial charge in [-0.05, 0) is 27.2 Å². The van der Waals surface area contributed by atoms with Crippen LogP contribution in [0.4, 0.5) is 10.6 Å². The topological polar surface area (TPSA) is 101 Å². The van der Waals surface area contributed by atoms with Crippen molar-refractivity contribution in [2.24, 2.45) is 14.1 Å². The Morgan fingerprint density at radius 3 is 2.39 bits per heavy atom. The Balaban J connectivity index is 2.43. The van der Waals surface area contributed by atoms with Crippen LogP contribution in [0.25, 0.3) is 0 Å². The van der Waals surface area contributed by atoms with Crippen LogP contribution in [0.2, 0.25) is 0 Å². The van der Waals surface area contributed by atoms with Crippen molar-refractivity contribution in [3.63, 3.8) is 0 Å². The third-order valence-electron chi connectivity index (χ3n) is 4.77. The first kappa shape index (κ1) is 21.5. The van der Waals surface area contributed by atoms with Crippen LogP contribution in [-0.4, -0.2) is 51.4 Å². The van der Waals surface area contributed by atoms with Crippen molar-refractivity contribution >= 4 is 11.9 Å². The molecule has 0 saturated carbocycles. The van der Waals surface area contributed by atoms with Gasteiger partial charge in [0.1, 0.15) is 17.5 Å². The van der Waals surface area contributed by atoms with Crippen molar-refractivity contribution in [1.82, 2.24) is 14.0 Å². The van der Waals surface area contributed by atoms with E-state index in [0.29, 0.717) is 25.5 Å². The third-order valence-corrected chi connectivity index (χ3v) is 4.77. The minimum Gasteiger partial charge on any atom is -0.444 e. The van der Waals surface area contributed by atoms with Crippen molar-refractivity contribution in [2.45, 2.75) is 52.2 Å². The number of hydrogen-bond donors (Lipinski definition) is 0. The lowest BCUT2D eigenvalue weighted by molar-refractivity contribution is 0.0211. The number of hydrogen-bond acceptors (Lipinski definition) is 6. The first-order valence-corrected chi connectivity index (χ1v) is 9.46. The van der Waals surface area contributed by atoms with Crippen molar-refractivity contribution in [3.8, 4) is 6.07 Å². The second-order valence-electron chi connectivity index (χ2n) is 8.08. The number of amides is 1. The van der Waals surface area contributed by atoms with E-state index in [2.05, 4.69) is 0 Å². The maximum atomic E-state index is 12.5. The van der Waals surface area contributed by atoms with E-state index in [-0.39, 0.29) is 17.7 Å². The molecule has 28 heavy (non-hydrogen) atoms. The SMILES string of the molecule is CCC[C@H]1CN(C(=O)OC(C)(C)C)CCN1c1c(C#N)c(=O)n(C)c(=O)n1C. The van der Waals surface area contributed by atoms with Gasteiger partial charge in [-0.2, -0.15) is 5.26 Å². The number of aromatic nitrogens is 2. The highest BCUT2D eigenvalue weighted by atomic mass is 16.6. The van der Waals surface area contributed by atoms with E-state index in [4.69, 9.17) is 4.74 Å². The molecule has 1 aliphatic rings. The zero-order valence-electron chi connectivity index (χ0n) is 17.5. The molecule has 0 N–H and O–H groups in total. The summed E-state index contributed by atoms with van der Waals surface area (Å²) in [5.74, 6) is 0.317. The van der Waals surface area contributed by atoms with E-state index in [9.17, 15) is 19.6 Å². The summed E-state index contributed by atoms with van der Waals surface area (Å²) in [6, 6.07) is 1.83. The number of anilines is 1. The average Bonchev–Trinajstić information content (AvgIpc) is 2.62. The molecule has 1 amide bonds. The highest BCUT2D eigenvalue weighted by molar-refractivity contribution is 5.69. The number of nitriles is 1. The first-order valence-electron chi connectivity index (χ1n) is 9.46. The van der Waals surface area contributed by atoms with Gasteiger partial charge in [0.15, 0.2) is 5.56 Å². The van der Waals surface area contributed by atoms with E-state index in [1.165, 1.54) is 11.6 Å². The average molecular weight is 391 g/mol. The summed E-state index contributed by atoms with van der Waals surface area (Å²) in [4.78, 5) is 40.9. The Labute approximate surface area is 164 Å². The maximum absolute atomic E-state index is 12.5. The van der Waals surface area contributed by atoms with Crippen LogP contribution >= 0.6 is 0 Å². The smallest absolute Gasteiger partial charge is 0.410 e. The van der Waals surface area contributed by atoms with Gasteiger partial charge in [-0.25, -0.2) is 9.59 Å². The third kappa shape index (κ3) is 4.21. The summed E-state index contributed by atoms with van der Waals surface area (Å²) >= 11 is 0. The van der Waals surface area contributed by atoms with E-state index in [1.807, 2.05) is 38.7 Å². The number of piperazine rings is 1. The summed E-state index contributed by atoms with van der Waals surface area (Å²) < 4.78 is 7.75.